The predicted octanol–water partition coefficient (Wildman–Crippen LogP) is -0.340. The van der Waals surface area contributed by atoms with E-state index in [0.29, 0.717) is 6.42 Å². The van der Waals surface area contributed by atoms with Crippen LogP contribution < -0.4 is 5.14 Å². The Kier molecular flexibility index (Phi) is 3.66. The van der Waals surface area contributed by atoms with Crippen LogP contribution in [0.1, 0.15) is 30.3 Å². The number of primary sulfonamides is 1. The lowest BCUT2D eigenvalue weighted by molar-refractivity contribution is -0.0862. The summed E-state index contributed by atoms with van der Waals surface area (Å²) in [6, 6.07) is 1.26. The van der Waals surface area contributed by atoms with Crippen LogP contribution in [0.2, 0.25) is 0 Å². The third-order valence-electron chi connectivity index (χ3n) is 3.50. The smallest absolute Gasteiger partial charge is 0.270 e. The Hall–Kier alpha value is -1.38. The maximum Gasteiger partial charge on any atom is 0.270 e. The lowest BCUT2D eigenvalue weighted by Crippen LogP contribution is -2.63. The minimum Gasteiger partial charge on any atom is -0.386 e. The van der Waals surface area contributed by atoms with Gasteiger partial charge in [-0.05, 0) is 12.5 Å². The highest BCUT2D eigenvalue weighted by Crippen LogP contribution is 2.27. The SMILES string of the molecule is CCCC1(O)CN(C(=O)c2cc(S(N)(=O)=O)cn2C)C1. The Morgan fingerprint density at radius 2 is 2.10 bits per heavy atom. The molecule has 0 spiro atoms. The number of nitrogens with zero attached hydrogens (tertiary/aromatic N) is 2. The molecule has 0 aliphatic carbocycles. The van der Waals surface area contributed by atoms with Gasteiger partial charge in [-0.1, -0.05) is 13.3 Å². The van der Waals surface area contributed by atoms with E-state index in [1.807, 2.05) is 6.92 Å². The number of carbonyl (C=O) groups is 1. The van der Waals surface area contributed by atoms with E-state index in [4.69, 9.17) is 5.14 Å². The Balaban J connectivity index is 2.14. The van der Waals surface area contributed by atoms with Crippen LogP contribution in [0.25, 0.3) is 0 Å². The van der Waals surface area contributed by atoms with Gasteiger partial charge in [0.25, 0.3) is 5.91 Å². The third kappa shape index (κ3) is 2.72. The summed E-state index contributed by atoms with van der Waals surface area (Å²) < 4.78 is 24.0. The highest BCUT2D eigenvalue weighted by Gasteiger charge is 2.43. The van der Waals surface area contributed by atoms with E-state index in [-0.39, 0.29) is 29.6 Å². The van der Waals surface area contributed by atoms with Gasteiger partial charge in [-0.15, -0.1) is 0 Å². The van der Waals surface area contributed by atoms with E-state index >= 15 is 0 Å². The summed E-state index contributed by atoms with van der Waals surface area (Å²) in [4.78, 5) is 13.6. The average molecular weight is 301 g/mol. The molecule has 0 saturated carbocycles. The van der Waals surface area contributed by atoms with E-state index in [9.17, 15) is 18.3 Å². The molecule has 1 fully saturated rings. The van der Waals surface area contributed by atoms with Crippen molar-refractivity contribution in [1.82, 2.24) is 9.47 Å². The summed E-state index contributed by atoms with van der Waals surface area (Å²) in [5.41, 5.74) is -0.564. The van der Waals surface area contributed by atoms with Crippen LogP contribution in [0, 0.1) is 0 Å². The van der Waals surface area contributed by atoms with E-state index in [1.165, 1.54) is 21.7 Å². The van der Waals surface area contributed by atoms with Gasteiger partial charge >= 0.3 is 0 Å². The van der Waals surface area contributed by atoms with Crippen LogP contribution in [0.3, 0.4) is 0 Å². The van der Waals surface area contributed by atoms with Crippen molar-refractivity contribution in [3.63, 3.8) is 0 Å². The summed E-state index contributed by atoms with van der Waals surface area (Å²) in [5.74, 6) is -0.303. The topological polar surface area (TPSA) is 106 Å². The predicted molar refractivity (Wildman–Crippen MR) is 72.5 cm³/mol. The minimum atomic E-state index is -3.82. The number of carbonyl (C=O) groups excluding carboxylic acids is 1. The zero-order valence-corrected chi connectivity index (χ0v) is 12.4. The molecule has 1 aliphatic rings. The van der Waals surface area contributed by atoms with E-state index in [0.717, 1.165) is 6.42 Å². The van der Waals surface area contributed by atoms with E-state index in [2.05, 4.69) is 0 Å². The van der Waals surface area contributed by atoms with Gasteiger partial charge in [-0.3, -0.25) is 4.79 Å². The first-order valence-corrected chi connectivity index (χ1v) is 7.92. The first-order chi connectivity index (χ1) is 9.16. The van der Waals surface area contributed by atoms with E-state index in [1.54, 1.807) is 7.05 Å². The molecule has 2 rings (SSSR count). The zero-order chi connectivity index (χ0) is 15.1. The molecule has 1 aromatic rings. The molecule has 1 aromatic heterocycles. The number of hydrogen-bond donors (Lipinski definition) is 2. The van der Waals surface area contributed by atoms with Crippen LogP contribution in [-0.4, -0.2) is 47.6 Å². The Bertz CT molecular complexity index is 629. The molecule has 112 valence electrons. The fourth-order valence-electron chi connectivity index (χ4n) is 2.50. The fraction of sp³-hybridized carbons (Fsp3) is 0.583. The summed E-state index contributed by atoms with van der Waals surface area (Å²) in [6.07, 6.45) is 2.80. The summed E-state index contributed by atoms with van der Waals surface area (Å²) in [5, 5.41) is 15.1. The van der Waals surface area contributed by atoms with Crippen molar-refractivity contribution in [1.29, 1.82) is 0 Å². The number of aliphatic hydroxyl groups is 1. The van der Waals surface area contributed by atoms with Gasteiger partial charge in [0.2, 0.25) is 10.0 Å². The second-order valence-electron chi connectivity index (χ2n) is 5.35. The van der Waals surface area contributed by atoms with Crippen molar-refractivity contribution < 1.29 is 18.3 Å². The molecule has 0 bridgehead atoms. The zero-order valence-electron chi connectivity index (χ0n) is 11.5. The van der Waals surface area contributed by atoms with Gasteiger partial charge < -0.3 is 14.6 Å². The van der Waals surface area contributed by atoms with Crippen molar-refractivity contribution in [2.24, 2.45) is 12.2 Å². The lowest BCUT2D eigenvalue weighted by atomic mass is 9.89. The average Bonchev–Trinajstić information content (AvgIpc) is 2.67. The highest BCUT2D eigenvalue weighted by molar-refractivity contribution is 7.89. The normalized spacial score (nSPS) is 17.9. The second-order valence-corrected chi connectivity index (χ2v) is 6.91. The van der Waals surface area contributed by atoms with Crippen LogP contribution in [-0.2, 0) is 17.1 Å². The molecule has 0 unspecified atom stereocenters. The number of aromatic nitrogens is 1. The monoisotopic (exact) mass is 301 g/mol. The van der Waals surface area contributed by atoms with E-state index < -0.39 is 15.6 Å². The lowest BCUT2D eigenvalue weighted by Gasteiger charge is -2.46. The molecule has 0 aromatic carbocycles. The molecule has 0 atom stereocenters. The number of sulfonamides is 1. The van der Waals surface area contributed by atoms with Crippen molar-refractivity contribution in [2.75, 3.05) is 13.1 Å². The summed E-state index contributed by atoms with van der Waals surface area (Å²) in [6.45, 7) is 2.52. The maximum atomic E-state index is 12.2. The Morgan fingerprint density at radius 1 is 1.50 bits per heavy atom. The highest BCUT2D eigenvalue weighted by atomic mass is 32.2. The number of nitrogens with two attached hydrogens (primary N) is 1. The molecule has 1 saturated heterocycles. The van der Waals surface area contributed by atoms with Gasteiger partial charge in [0.15, 0.2) is 0 Å². The van der Waals surface area contributed by atoms with Crippen LogP contribution in [0.4, 0.5) is 0 Å². The number of β-amino-alcohol motifs (C(OH)–C–C–N with tert-alkyl or cyclic N) is 1. The van der Waals surface area contributed by atoms with Crippen LogP contribution in [0.15, 0.2) is 17.2 Å². The van der Waals surface area contributed by atoms with Crippen molar-refractivity contribution in [2.45, 2.75) is 30.3 Å². The van der Waals surface area contributed by atoms with Crippen LogP contribution in [0.5, 0.6) is 0 Å². The first-order valence-electron chi connectivity index (χ1n) is 6.37. The summed E-state index contributed by atoms with van der Waals surface area (Å²) >= 11 is 0. The molecular formula is C12H19N3O4S. The number of likely N-dealkylation sites (tertiary alicyclic amines) is 1. The number of amides is 1. The molecule has 3 N–H and O–H groups in total. The van der Waals surface area contributed by atoms with Crippen molar-refractivity contribution >= 4 is 15.9 Å². The minimum absolute atomic E-state index is 0.0901. The fourth-order valence-corrected chi connectivity index (χ4v) is 3.08. The standard InChI is InChI=1S/C12H19N3O4S/c1-3-4-12(17)7-15(8-12)11(16)10-5-9(6-14(10)2)20(13,18)19/h5-6,17H,3-4,7-8H2,1-2H3,(H2,13,18,19). The van der Waals surface area contributed by atoms with Gasteiger partial charge in [-0.2, -0.15) is 0 Å². The molecular weight excluding hydrogens is 282 g/mol. The van der Waals surface area contributed by atoms with Crippen molar-refractivity contribution in [3.8, 4) is 0 Å². The first kappa shape index (κ1) is 15.0. The Labute approximate surface area is 118 Å². The second kappa shape index (κ2) is 4.87. The van der Waals surface area contributed by atoms with Gasteiger partial charge in [-0.25, -0.2) is 13.6 Å². The van der Waals surface area contributed by atoms with Gasteiger partial charge in [0.1, 0.15) is 10.6 Å². The number of aryl methyl sites for hydroxylation is 1. The molecule has 7 nitrogen and oxygen atoms in total. The molecule has 2 heterocycles. The van der Waals surface area contributed by atoms with Crippen molar-refractivity contribution in [3.05, 3.63) is 18.0 Å². The largest absolute Gasteiger partial charge is 0.386 e. The molecule has 1 aliphatic heterocycles. The maximum absolute atomic E-state index is 12.2. The molecule has 8 heteroatoms. The van der Waals surface area contributed by atoms with Gasteiger partial charge in [0.05, 0.1) is 18.7 Å². The molecule has 1 amide bonds. The molecule has 0 radical (unpaired) electrons. The Morgan fingerprint density at radius 3 is 2.55 bits per heavy atom. The summed E-state index contributed by atoms with van der Waals surface area (Å²) in [7, 11) is -2.24. The number of hydrogen-bond acceptors (Lipinski definition) is 4. The quantitative estimate of drug-likeness (QED) is 0.793. The third-order valence-corrected chi connectivity index (χ3v) is 4.38. The molecule has 20 heavy (non-hydrogen) atoms. The number of rotatable bonds is 4. The van der Waals surface area contributed by atoms with Crippen LogP contribution >= 0.6 is 0 Å². The van der Waals surface area contributed by atoms with Gasteiger partial charge in [0, 0.05) is 13.2 Å².